The fourth-order valence-electron chi connectivity index (χ4n) is 2.89. The number of ether oxygens (including phenoxy) is 1. The van der Waals surface area contributed by atoms with E-state index in [9.17, 15) is 14.3 Å². The lowest BCUT2D eigenvalue weighted by Crippen LogP contribution is -2.54. The van der Waals surface area contributed by atoms with E-state index in [1.54, 1.807) is 26.0 Å². The zero-order valence-corrected chi connectivity index (χ0v) is 15.1. The summed E-state index contributed by atoms with van der Waals surface area (Å²) in [5.74, 6) is -0.504. The molecule has 1 saturated heterocycles. The molecule has 5 nitrogen and oxygen atoms in total. The van der Waals surface area contributed by atoms with Crippen LogP contribution in [-0.2, 0) is 4.74 Å². The molecule has 0 radical (unpaired) electrons. The second-order valence-electron chi connectivity index (χ2n) is 6.40. The fraction of sp³-hybridized carbons (Fsp3) is 0.444. The molecule has 2 heterocycles. The molecule has 134 valence electrons. The van der Waals surface area contributed by atoms with Gasteiger partial charge in [0, 0.05) is 18.8 Å². The van der Waals surface area contributed by atoms with E-state index >= 15 is 0 Å². The first-order valence-corrected chi connectivity index (χ1v) is 9.01. The summed E-state index contributed by atoms with van der Waals surface area (Å²) in [5, 5.41) is 13.4. The molecule has 0 bridgehead atoms. The van der Waals surface area contributed by atoms with Crippen molar-refractivity contribution in [2.75, 3.05) is 19.8 Å². The largest absolute Gasteiger partial charge is 0.394 e. The average molecular weight is 364 g/mol. The number of aliphatic hydroxyl groups excluding tert-OH is 1. The molecule has 1 aromatic carbocycles. The van der Waals surface area contributed by atoms with Crippen LogP contribution in [0.25, 0.3) is 10.6 Å². The van der Waals surface area contributed by atoms with Gasteiger partial charge in [0.25, 0.3) is 5.91 Å². The van der Waals surface area contributed by atoms with Crippen molar-refractivity contribution in [1.82, 2.24) is 10.3 Å². The third kappa shape index (κ3) is 3.73. The molecule has 3 rings (SSSR count). The van der Waals surface area contributed by atoms with Gasteiger partial charge in [0.15, 0.2) is 0 Å². The van der Waals surface area contributed by atoms with Gasteiger partial charge in [0.2, 0.25) is 0 Å². The van der Waals surface area contributed by atoms with Gasteiger partial charge in [-0.25, -0.2) is 9.37 Å². The lowest BCUT2D eigenvalue weighted by Gasteiger charge is -2.36. The molecule has 0 spiro atoms. The van der Waals surface area contributed by atoms with E-state index in [-0.39, 0.29) is 18.3 Å². The molecule has 7 heteroatoms. The monoisotopic (exact) mass is 364 g/mol. The molecule has 0 saturated carbocycles. The summed E-state index contributed by atoms with van der Waals surface area (Å²) in [4.78, 5) is 17.7. The summed E-state index contributed by atoms with van der Waals surface area (Å²) < 4.78 is 18.8. The van der Waals surface area contributed by atoms with Crippen LogP contribution in [0.4, 0.5) is 4.39 Å². The van der Waals surface area contributed by atoms with Gasteiger partial charge in [0.1, 0.15) is 15.7 Å². The highest BCUT2D eigenvalue weighted by molar-refractivity contribution is 7.17. The van der Waals surface area contributed by atoms with Crippen molar-refractivity contribution in [1.29, 1.82) is 0 Å². The molecule has 0 unspecified atom stereocenters. The van der Waals surface area contributed by atoms with E-state index in [2.05, 4.69) is 10.3 Å². The molecule has 2 aromatic rings. The Bertz CT molecular complexity index is 785. The van der Waals surface area contributed by atoms with Crippen LogP contribution in [0.15, 0.2) is 18.2 Å². The predicted octanol–water partition coefficient (Wildman–Crippen LogP) is 2.84. The number of aryl methyl sites for hydroxylation is 2. The molecule has 1 aliphatic rings. The van der Waals surface area contributed by atoms with E-state index in [4.69, 9.17) is 4.74 Å². The number of carbonyl (C=O) groups excluding carboxylic acids is 1. The highest BCUT2D eigenvalue weighted by atomic mass is 32.1. The van der Waals surface area contributed by atoms with Crippen molar-refractivity contribution in [3.8, 4) is 10.6 Å². The summed E-state index contributed by atoms with van der Waals surface area (Å²) in [6, 6.07) is 4.79. The summed E-state index contributed by atoms with van der Waals surface area (Å²) in [5.41, 5.74) is 1.31. The van der Waals surface area contributed by atoms with Crippen LogP contribution in [0, 0.1) is 19.7 Å². The van der Waals surface area contributed by atoms with Gasteiger partial charge in [-0.3, -0.25) is 4.79 Å². The third-order valence-electron chi connectivity index (χ3n) is 4.54. The lowest BCUT2D eigenvalue weighted by molar-refractivity contribution is 0.0126. The number of hydrogen-bond donors (Lipinski definition) is 2. The number of aromatic nitrogens is 1. The van der Waals surface area contributed by atoms with Gasteiger partial charge in [-0.05, 0) is 50.5 Å². The first-order chi connectivity index (χ1) is 11.9. The minimum atomic E-state index is -0.640. The number of hydrogen-bond acceptors (Lipinski definition) is 5. The van der Waals surface area contributed by atoms with Crippen LogP contribution in [0.5, 0.6) is 0 Å². The number of amides is 1. The molecule has 25 heavy (non-hydrogen) atoms. The van der Waals surface area contributed by atoms with E-state index in [1.165, 1.54) is 17.4 Å². The van der Waals surface area contributed by atoms with E-state index < -0.39 is 5.54 Å². The number of nitrogens with zero attached hydrogens (tertiary/aromatic N) is 1. The number of halogens is 1. The van der Waals surface area contributed by atoms with Gasteiger partial charge in [0.05, 0.1) is 17.8 Å². The van der Waals surface area contributed by atoms with E-state index in [0.29, 0.717) is 47.2 Å². The van der Waals surface area contributed by atoms with Gasteiger partial charge in [-0.15, -0.1) is 11.3 Å². The summed E-state index contributed by atoms with van der Waals surface area (Å²) in [6.45, 7) is 4.39. The van der Waals surface area contributed by atoms with Crippen LogP contribution >= 0.6 is 11.3 Å². The van der Waals surface area contributed by atoms with Gasteiger partial charge >= 0.3 is 0 Å². The smallest absolute Gasteiger partial charge is 0.263 e. The minimum Gasteiger partial charge on any atom is -0.394 e. The van der Waals surface area contributed by atoms with Crippen LogP contribution in [-0.4, -0.2) is 41.4 Å². The number of rotatable bonds is 4. The normalized spacial score (nSPS) is 16.6. The minimum absolute atomic E-state index is 0.121. The van der Waals surface area contributed by atoms with Crippen molar-refractivity contribution in [3.63, 3.8) is 0 Å². The molecule has 0 aliphatic carbocycles. The highest BCUT2D eigenvalue weighted by Crippen LogP contribution is 2.30. The molecule has 0 atom stereocenters. The van der Waals surface area contributed by atoms with Crippen molar-refractivity contribution in [2.24, 2.45) is 0 Å². The van der Waals surface area contributed by atoms with Crippen molar-refractivity contribution in [2.45, 2.75) is 32.2 Å². The molecule has 1 aliphatic heterocycles. The van der Waals surface area contributed by atoms with Crippen molar-refractivity contribution in [3.05, 3.63) is 40.2 Å². The topological polar surface area (TPSA) is 71.5 Å². The zero-order valence-electron chi connectivity index (χ0n) is 14.3. The number of aliphatic hydroxyl groups is 1. The van der Waals surface area contributed by atoms with Crippen LogP contribution in [0.3, 0.4) is 0 Å². The highest BCUT2D eigenvalue weighted by Gasteiger charge is 2.34. The summed E-state index contributed by atoms with van der Waals surface area (Å²) in [7, 11) is 0. The SMILES string of the molecule is Cc1cc(-c2nc(C)c(C(=O)NC3(CO)CCOCC3)s2)ccc1F. The van der Waals surface area contributed by atoms with Crippen LogP contribution in [0.1, 0.15) is 33.8 Å². The Morgan fingerprint density at radius 3 is 2.76 bits per heavy atom. The summed E-state index contributed by atoms with van der Waals surface area (Å²) in [6.07, 6.45) is 1.16. The maximum Gasteiger partial charge on any atom is 0.263 e. The molecule has 2 N–H and O–H groups in total. The zero-order chi connectivity index (χ0) is 18.0. The molecule has 1 fully saturated rings. The molecular weight excluding hydrogens is 343 g/mol. The number of thiazole rings is 1. The number of carbonyl (C=O) groups is 1. The van der Waals surface area contributed by atoms with Crippen LogP contribution < -0.4 is 5.32 Å². The number of benzene rings is 1. The Kier molecular flexibility index (Phi) is 5.17. The quantitative estimate of drug-likeness (QED) is 0.875. The Morgan fingerprint density at radius 1 is 1.40 bits per heavy atom. The molecule has 1 amide bonds. The fourth-order valence-corrected chi connectivity index (χ4v) is 3.85. The third-order valence-corrected chi connectivity index (χ3v) is 5.74. The molecular formula is C18H21FN2O3S. The van der Waals surface area contributed by atoms with E-state index in [1.807, 2.05) is 0 Å². The number of nitrogens with one attached hydrogen (secondary N) is 1. The predicted molar refractivity (Wildman–Crippen MR) is 94.3 cm³/mol. The molecule has 1 aromatic heterocycles. The first kappa shape index (κ1) is 18.0. The van der Waals surface area contributed by atoms with Gasteiger partial charge in [-0.1, -0.05) is 0 Å². The summed E-state index contributed by atoms with van der Waals surface area (Å²) >= 11 is 1.27. The Hall–Kier alpha value is -1.83. The maximum absolute atomic E-state index is 13.5. The van der Waals surface area contributed by atoms with Crippen molar-refractivity contribution >= 4 is 17.2 Å². The standard InChI is InChI=1S/C18H21FN2O3S/c1-11-9-13(3-4-14(11)19)17-20-12(2)15(25-17)16(23)21-18(10-22)5-7-24-8-6-18/h3-4,9,22H,5-8,10H2,1-2H3,(H,21,23). The first-order valence-electron chi connectivity index (χ1n) is 8.19. The van der Waals surface area contributed by atoms with Crippen molar-refractivity contribution < 1.29 is 19.0 Å². The maximum atomic E-state index is 13.5. The Labute approximate surface area is 149 Å². The Balaban J connectivity index is 1.84. The van der Waals surface area contributed by atoms with E-state index in [0.717, 1.165) is 5.56 Å². The second-order valence-corrected chi connectivity index (χ2v) is 7.40. The van der Waals surface area contributed by atoms with Crippen LogP contribution in [0.2, 0.25) is 0 Å². The lowest BCUT2D eigenvalue weighted by atomic mass is 9.91. The second kappa shape index (κ2) is 7.19. The van der Waals surface area contributed by atoms with Gasteiger partial charge < -0.3 is 15.2 Å². The Morgan fingerprint density at radius 2 is 2.12 bits per heavy atom. The average Bonchev–Trinajstić information content (AvgIpc) is 3.00. The van der Waals surface area contributed by atoms with Gasteiger partial charge in [-0.2, -0.15) is 0 Å².